The maximum atomic E-state index is 13.6. The summed E-state index contributed by atoms with van der Waals surface area (Å²) in [4.78, 5) is 0. The molecule has 6 N–H and O–H groups in total. The van der Waals surface area contributed by atoms with Crippen LogP contribution in [0.5, 0.6) is 5.75 Å². The van der Waals surface area contributed by atoms with Crippen molar-refractivity contribution >= 4 is 48.1 Å². The van der Waals surface area contributed by atoms with Crippen LogP contribution in [0.15, 0.2) is 91.0 Å². The molecule has 10 nitrogen and oxygen atoms in total. The maximum absolute atomic E-state index is 13.6. The van der Waals surface area contributed by atoms with Crippen LogP contribution in [0.2, 0.25) is 0 Å². The van der Waals surface area contributed by atoms with E-state index in [2.05, 4.69) is 10.8 Å². The molecule has 0 fully saturated rings. The van der Waals surface area contributed by atoms with E-state index >= 15 is 0 Å². The van der Waals surface area contributed by atoms with Gasteiger partial charge in [-0.2, -0.15) is 16.8 Å². The first-order valence-corrected chi connectivity index (χ1v) is 13.0. The van der Waals surface area contributed by atoms with Crippen LogP contribution in [-0.4, -0.2) is 26.5 Å². The number of fused-ring (bicyclic) bond motifs is 1. The maximum Gasteiger partial charge on any atom is 0.334 e. The first-order valence-electron chi connectivity index (χ1n) is 10.1. The average Bonchev–Trinajstić information content (AvgIpc) is 2.82. The van der Waals surface area contributed by atoms with E-state index in [1.54, 1.807) is 30.3 Å². The van der Waals surface area contributed by atoms with Crippen LogP contribution in [0.4, 0.5) is 17.1 Å². The summed E-state index contributed by atoms with van der Waals surface area (Å²) in [5.74, 6) is -0.108. The molecule has 12 heteroatoms. The predicted molar refractivity (Wildman–Crippen MR) is 133 cm³/mol. The third-order valence-electron chi connectivity index (χ3n) is 5.29. The Morgan fingerprint density at radius 1 is 0.743 bits per heavy atom. The number of aromatic hydroxyl groups is 1. The molecule has 0 saturated carbocycles. The zero-order valence-electron chi connectivity index (χ0n) is 18.0. The Kier molecular flexibility index (Phi) is 6.30. The van der Waals surface area contributed by atoms with Crippen LogP contribution >= 0.6 is 0 Å². The summed E-state index contributed by atoms with van der Waals surface area (Å²) >= 11 is 0. The van der Waals surface area contributed by atoms with E-state index in [0.29, 0.717) is 10.8 Å². The second kappa shape index (κ2) is 9.07. The zero-order chi connectivity index (χ0) is 25.3. The van der Waals surface area contributed by atoms with E-state index < -0.39 is 24.4 Å². The molecule has 4 aromatic carbocycles. The molecule has 4 rings (SSSR count). The minimum Gasteiger partial charge on any atom is -0.507 e. The number of anilines is 3. The van der Waals surface area contributed by atoms with Crippen molar-refractivity contribution in [3.8, 4) is 5.75 Å². The van der Waals surface area contributed by atoms with Gasteiger partial charge in [-0.1, -0.05) is 66.7 Å². The van der Waals surface area contributed by atoms with Crippen LogP contribution < -0.4 is 16.5 Å². The largest absolute Gasteiger partial charge is 0.507 e. The lowest BCUT2D eigenvalue weighted by molar-refractivity contribution is 0.372. The highest BCUT2D eigenvalue weighted by Gasteiger charge is 2.59. The first-order chi connectivity index (χ1) is 16.6. The van der Waals surface area contributed by atoms with E-state index in [-0.39, 0.29) is 28.4 Å². The fourth-order valence-electron chi connectivity index (χ4n) is 3.61. The molecule has 0 radical (unpaired) electrons. The summed E-state index contributed by atoms with van der Waals surface area (Å²) in [7, 11) is -10.8. The number of rotatable bonds is 8. The van der Waals surface area contributed by atoms with E-state index in [9.17, 15) is 26.5 Å². The van der Waals surface area contributed by atoms with Crippen molar-refractivity contribution < 1.29 is 30.8 Å². The Morgan fingerprint density at radius 3 is 2.03 bits per heavy atom. The summed E-state index contributed by atoms with van der Waals surface area (Å²) in [6, 6.07) is 21.8. The Hall–Kier alpha value is -3.84. The third kappa shape index (κ3) is 4.35. The Bertz CT molecular complexity index is 1590. The van der Waals surface area contributed by atoms with Crippen molar-refractivity contribution in [1.82, 2.24) is 0 Å². The smallest absolute Gasteiger partial charge is 0.334 e. The van der Waals surface area contributed by atoms with Crippen molar-refractivity contribution in [3.63, 3.8) is 0 Å². The molecule has 0 saturated heterocycles. The molecule has 0 spiro atoms. The lowest BCUT2D eigenvalue weighted by Crippen LogP contribution is -2.51. The van der Waals surface area contributed by atoms with Gasteiger partial charge < -0.3 is 16.2 Å². The van der Waals surface area contributed by atoms with Crippen LogP contribution in [0.3, 0.4) is 0 Å². The highest BCUT2D eigenvalue weighted by molar-refractivity contribution is 8.05. The molecule has 35 heavy (non-hydrogen) atoms. The molecule has 0 bridgehead atoms. The van der Waals surface area contributed by atoms with Crippen LogP contribution in [0.1, 0.15) is 5.56 Å². The quantitative estimate of drug-likeness (QED) is 0.133. The van der Waals surface area contributed by atoms with Crippen molar-refractivity contribution in [2.75, 3.05) is 16.5 Å². The minimum atomic E-state index is -5.49. The number of phenols is 1. The fraction of sp³-hybridized carbons (Fsp3) is 0.0435. The van der Waals surface area contributed by atoms with Gasteiger partial charge in [-0.3, -0.25) is 4.55 Å². The van der Waals surface area contributed by atoms with Gasteiger partial charge in [0.05, 0.1) is 11.4 Å². The molecule has 0 aliphatic carbocycles. The average molecular weight is 516 g/mol. The van der Waals surface area contributed by atoms with E-state index in [0.717, 1.165) is 0 Å². The van der Waals surface area contributed by atoms with Gasteiger partial charge in [0.1, 0.15) is 5.75 Å². The number of para-hydroxylation sites is 2. The lowest BCUT2D eigenvalue weighted by atomic mass is 10.1. The number of hydrogen-bond donors (Lipinski definition) is 5. The van der Waals surface area contributed by atoms with Gasteiger partial charge in [0, 0.05) is 22.0 Å². The lowest BCUT2D eigenvalue weighted by Gasteiger charge is -2.32. The van der Waals surface area contributed by atoms with Crippen LogP contribution in [0.25, 0.3) is 10.8 Å². The topological polar surface area (TPSA) is 168 Å². The van der Waals surface area contributed by atoms with Crippen molar-refractivity contribution in [2.45, 2.75) is 4.20 Å². The van der Waals surface area contributed by atoms with Crippen molar-refractivity contribution in [1.29, 1.82) is 0 Å². The van der Waals surface area contributed by atoms with Crippen molar-refractivity contribution in [2.24, 2.45) is 0 Å². The van der Waals surface area contributed by atoms with Gasteiger partial charge >= 0.3 is 24.4 Å². The van der Waals surface area contributed by atoms with Gasteiger partial charge in [-0.25, -0.2) is 5.48 Å². The molecule has 0 aliphatic rings. The van der Waals surface area contributed by atoms with Gasteiger partial charge in [-0.05, 0) is 24.3 Å². The second-order valence-corrected chi connectivity index (χ2v) is 11.0. The number of nitrogens with two attached hydrogens (primary N) is 1. The van der Waals surface area contributed by atoms with Crippen LogP contribution in [0, 0.1) is 0 Å². The Balaban J connectivity index is 1.93. The Labute approximate surface area is 201 Å². The monoisotopic (exact) mass is 515 g/mol. The molecule has 0 amide bonds. The normalized spacial score (nSPS) is 13.7. The number of nitrogens with one attached hydrogen (secondary N) is 2. The van der Waals surface area contributed by atoms with Crippen molar-refractivity contribution in [3.05, 3.63) is 96.6 Å². The van der Waals surface area contributed by atoms with Gasteiger partial charge in [0.2, 0.25) is 0 Å². The second-order valence-electron chi connectivity index (χ2n) is 7.49. The molecule has 0 heterocycles. The molecular formula is C23H21N3O7S2. The summed E-state index contributed by atoms with van der Waals surface area (Å²) in [6.07, 6.45) is 0. The predicted octanol–water partition coefficient (Wildman–Crippen LogP) is 3.61. The van der Waals surface area contributed by atoms with Gasteiger partial charge in [-0.15, -0.1) is 4.28 Å². The number of benzene rings is 4. The summed E-state index contributed by atoms with van der Waals surface area (Å²) in [5, 5.41) is 13.3. The third-order valence-corrected chi connectivity index (χ3v) is 8.94. The summed E-state index contributed by atoms with van der Waals surface area (Å²) in [5.41, 5.74) is 7.82. The molecule has 1 atom stereocenters. The van der Waals surface area contributed by atoms with Gasteiger partial charge in [0.15, 0.2) is 0 Å². The highest BCUT2D eigenvalue weighted by atomic mass is 32.3. The molecular weight excluding hydrogens is 494 g/mol. The number of nitrogen functional groups attached to an aromatic ring is 1. The fourth-order valence-corrected chi connectivity index (χ4v) is 6.39. The van der Waals surface area contributed by atoms with E-state index in [4.69, 9.17) is 10.0 Å². The Morgan fingerprint density at radius 2 is 1.34 bits per heavy atom. The standard InChI is InChI=1S/C23H21N3O7S2/c24-19-12-4-5-13-21(19)26-33-35(31,32)23(34(28,29)30,16-8-2-1-3-9-16)25-20-14-6-11-18-17(20)10-7-15-22(18)27/h1-15,25-27H,24H2,(H,28,29,30). The highest BCUT2D eigenvalue weighted by Crippen LogP contribution is 2.41. The summed E-state index contributed by atoms with van der Waals surface area (Å²) in [6.45, 7) is 0. The van der Waals surface area contributed by atoms with E-state index in [1.807, 2.05) is 0 Å². The minimum absolute atomic E-state index is 0.00808. The molecule has 4 aromatic rings. The van der Waals surface area contributed by atoms with Gasteiger partial charge in [0.25, 0.3) is 0 Å². The number of phenolic OH excluding ortho intramolecular Hbond substituents is 1. The molecule has 182 valence electrons. The zero-order valence-corrected chi connectivity index (χ0v) is 19.6. The van der Waals surface area contributed by atoms with E-state index in [1.165, 1.54) is 60.7 Å². The SMILES string of the molecule is Nc1ccccc1NOS(=O)(=O)C(Nc1cccc2c(O)cccc12)(c1ccccc1)S(=O)(=O)O. The molecule has 1 unspecified atom stereocenters. The summed E-state index contributed by atoms with van der Waals surface area (Å²) < 4.78 is 65.2. The number of hydrogen-bond acceptors (Lipinski definition) is 9. The van der Waals surface area contributed by atoms with Crippen LogP contribution in [-0.2, 0) is 28.7 Å². The molecule has 0 aromatic heterocycles. The first kappa shape index (κ1) is 24.3. The molecule has 0 aliphatic heterocycles.